The fraction of sp³-hybridized carbons (Fsp3) is 0.696. The summed E-state index contributed by atoms with van der Waals surface area (Å²) in [5.74, 6) is 0.0271. The first-order chi connectivity index (χ1) is 14.9. The number of nitrogens with one attached hydrogen (secondary N) is 2. The number of carbonyl (C=O) groups is 1. The Balaban J connectivity index is 1.54. The van der Waals surface area contributed by atoms with Crippen LogP contribution in [0.5, 0.6) is 0 Å². The molecule has 2 amide bonds. The van der Waals surface area contributed by atoms with Crippen LogP contribution in [0.1, 0.15) is 48.0 Å². The van der Waals surface area contributed by atoms with Crippen LogP contribution < -0.4 is 14.9 Å². The zero-order valence-electron chi connectivity index (χ0n) is 20.1. The Morgan fingerprint density at radius 3 is 2.16 bits per heavy atom. The van der Waals surface area contributed by atoms with Crippen molar-refractivity contribution in [1.29, 1.82) is 0 Å². The standard InChI is InChI=1S/C23H38N4O4S/c1-16-13-26(12-11-21(16)25-32(29,30)23(4,5)6)22(28)24-19-7-9-20(10-8-19)27-14-17(2)31-18(3)15-27/h7-10,16-18,21,25H,11-15H2,1-6H3,(H,24,28). The molecule has 180 valence electrons. The highest BCUT2D eigenvalue weighted by atomic mass is 32.2. The third-order valence-electron chi connectivity index (χ3n) is 6.21. The van der Waals surface area contributed by atoms with Crippen molar-refractivity contribution in [3.05, 3.63) is 24.3 Å². The van der Waals surface area contributed by atoms with E-state index in [1.165, 1.54) is 0 Å². The Bertz CT molecular complexity index is 888. The van der Waals surface area contributed by atoms with E-state index in [1.54, 1.807) is 25.7 Å². The van der Waals surface area contributed by atoms with Crippen LogP contribution in [-0.2, 0) is 14.8 Å². The van der Waals surface area contributed by atoms with Gasteiger partial charge >= 0.3 is 6.03 Å². The van der Waals surface area contributed by atoms with Crippen molar-refractivity contribution < 1.29 is 17.9 Å². The Hall–Kier alpha value is -1.84. The van der Waals surface area contributed by atoms with E-state index < -0.39 is 14.8 Å². The number of amides is 2. The van der Waals surface area contributed by atoms with Gasteiger partial charge < -0.3 is 19.9 Å². The van der Waals surface area contributed by atoms with Gasteiger partial charge in [-0.15, -0.1) is 0 Å². The van der Waals surface area contributed by atoms with Gasteiger partial charge in [-0.25, -0.2) is 17.9 Å². The maximum Gasteiger partial charge on any atom is 0.321 e. The monoisotopic (exact) mass is 466 g/mol. The fourth-order valence-corrected chi connectivity index (χ4v) is 5.33. The first-order valence-electron chi connectivity index (χ1n) is 11.4. The Morgan fingerprint density at radius 1 is 1.03 bits per heavy atom. The van der Waals surface area contributed by atoms with E-state index in [0.717, 1.165) is 24.5 Å². The number of benzene rings is 1. The summed E-state index contributed by atoms with van der Waals surface area (Å²) in [5.41, 5.74) is 1.86. The van der Waals surface area contributed by atoms with Gasteiger partial charge in [0, 0.05) is 43.6 Å². The third kappa shape index (κ3) is 5.94. The number of ether oxygens (including phenoxy) is 1. The van der Waals surface area contributed by atoms with Crippen molar-refractivity contribution in [3.63, 3.8) is 0 Å². The van der Waals surface area contributed by atoms with Crippen molar-refractivity contribution in [2.24, 2.45) is 5.92 Å². The minimum absolute atomic E-state index is 0.0271. The minimum atomic E-state index is -3.42. The van der Waals surface area contributed by atoms with Crippen molar-refractivity contribution in [1.82, 2.24) is 9.62 Å². The van der Waals surface area contributed by atoms with Crippen LogP contribution in [0.2, 0.25) is 0 Å². The van der Waals surface area contributed by atoms with Gasteiger partial charge in [-0.05, 0) is 71.2 Å². The molecule has 2 fully saturated rings. The summed E-state index contributed by atoms with van der Waals surface area (Å²) >= 11 is 0. The summed E-state index contributed by atoms with van der Waals surface area (Å²) in [7, 11) is -3.42. The first-order valence-corrected chi connectivity index (χ1v) is 12.9. The molecule has 0 aromatic heterocycles. The molecule has 8 nitrogen and oxygen atoms in total. The molecule has 32 heavy (non-hydrogen) atoms. The van der Waals surface area contributed by atoms with Gasteiger partial charge in [0.15, 0.2) is 0 Å². The Morgan fingerprint density at radius 2 is 1.62 bits per heavy atom. The van der Waals surface area contributed by atoms with Gasteiger partial charge in [0.25, 0.3) is 0 Å². The number of morpholine rings is 1. The van der Waals surface area contributed by atoms with E-state index in [-0.39, 0.29) is 30.2 Å². The van der Waals surface area contributed by atoms with E-state index in [9.17, 15) is 13.2 Å². The molecule has 1 aromatic carbocycles. The van der Waals surface area contributed by atoms with Gasteiger partial charge in [0.05, 0.1) is 17.0 Å². The molecule has 0 radical (unpaired) electrons. The van der Waals surface area contributed by atoms with Gasteiger partial charge in [-0.2, -0.15) is 0 Å². The molecule has 2 aliphatic heterocycles. The average molecular weight is 467 g/mol. The predicted octanol–water partition coefficient (Wildman–Crippen LogP) is 3.26. The second-order valence-electron chi connectivity index (χ2n) is 10.2. The highest BCUT2D eigenvalue weighted by Gasteiger charge is 2.36. The number of likely N-dealkylation sites (tertiary alicyclic amines) is 1. The van der Waals surface area contributed by atoms with Gasteiger partial charge in [-0.3, -0.25) is 0 Å². The lowest BCUT2D eigenvalue weighted by atomic mass is 9.95. The van der Waals surface area contributed by atoms with Gasteiger partial charge in [0.1, 0.15) is 0 Å². The lowest BCUT2D eigenvalue weighted by Crippen LogP contribution is -2.54. The molecule has 2 heterocycles. The highest BCUT2D eigenvalue weighted by molar-refractivity contribution is 7.90. The largest absolute Gasteiger partial charge is 0.372 e. The quantitative estimate of drug-likeness (QED) is 0.711. The summed E-state index contributed by atoms with van der Waals surface area (Å²) < 4.78 is 32.8. The van der Waals surface area contributed by atoms with Crippen LogP contribution in [-0.4, -0.2) is 68.5 Å². The van der Waals surface area contributed by atoms with E-state index >= 15 is 0 Å². The summed E-state index contributed by atoms with van der Waals surface area (Å²) in [6, 6.07) is 7.57. The number of hydrogen-bond donors (Lipinski definition) is 2. The van der Waals surface area contributed by atoms with Crippen LogP contribution in [0.3, 0.4) is 0 Å². The summed E-state index contributed by atoms with van der Waals surface area (Å²) in [4.78, 5) is 16.8. The fourth-order valence-electron chi connectivity index (χ4n) is 4.23. The number of anilines is 2. The number of carbonyl (C=O) groups excluding carboxylic acids is 1. The van der Waals surface area contributed by atoms with Crippen LogP contribution in [0.25, 0.3) is 0 Å². The first kappa shape index (κ1) is 24.8. The summed E-state index contributed by atoms with van der Waals surface area (Å²) in [6.45, 7) is 13.9. The maximum atomic E-state index is 12.8. The number of piperidine rings is 1. The van der Waals surface area contributed by atoms with E-state index in [1.807, 2.05) is 31.2 Å². The number of urea groups is 1. The molecular weight excluding hydrogens is 428 g/mol. The van der Waals surface area contributed by atoms with Gasteiger partial charge in [-0.1, -0.05) is 6.92 Å². The Labute approximate surface area is 192 Å². The SMILES string of the molecule is CC1CN(c2ccc(NC(=O)N3CCC(NS(=O)(=O)C(C)(C)C)C(C)C3)cc2)CC(C)O1. The number of hydrogen-bond acceptors (Lipinski definition) is 5. The predicted molar refractivity (Wildman–Crippen MR) is 129 cm³/mol. The third-order valence-corrected chi connectivity index (χ3v) is 8.43. The molecule has 4 atom stereocenters. The molecule has 2 aliphatic rings. The second-order valence-corrected chi connectivity index (χ2v) is 12.7. The summed E-state index contributed by atoms with van der Waals surface area (Å²) in [5, 5.41) is 2.97. The molecule has 0 bridgehead atoms. The molecular formula is C23H38N4O4S. The zero-order valence-corrected chi connectivity index (χ0v) is 20.9. The number of rotatable bonds is 4. The highest BCUT2D eigenvalue weighted by Crippen LogP contribution is 2.24. The van der Waals surface area contributed by atoms with E-state index in [4.69, 9.17) is 4.74 Å². The molecule has 0 spiro atoms. The van der Waals surface area contributed by atoms with Crippen LogP contribution in [0, 0.1) is 5.92 Å². The van der Waals surface area contributed by atoms with Crippen molar-refractivity contribution in [3.8, 4) is 0 Å². The number of sulfonamides is 1. The molecule has 0 aliphatic carbocycles. The molecule has 0 saturated carbocycles. The second kappa shape index (κ2) is 9.57. The topological polar surface area (TPSA) is 91.0 Å². The molecule has 1 aromatic rings. The Kier molecular flexibility index (Phi) is 7.41. The van der Waals surface area contributed by atoms with Crippen molar-refractivity contribution in [2.45, 2.75) is 71.0 Å². The molecule has 2 saturated heterocycles. The van der Waals surface area contributed by atoms with Crippen LogP contribution in [0.15, 0.2) is 24.3 Å². The van der Waals surface area contributed by atoms with Crippen molar-refractivity contribution in [2.75, 3.05) is 36.4 Å². The molecule has 2 N–H and O–H groups in total. The lowest BCUT2D eigenvalue weighted by molar-refractivity contribution is -0.00521. The molecule has 4 unspecified atom stereocenters. The molecule has 3 rings (SSSR count). The normalized spacial score (nSPS) is 27.3. The minimum Gasteiger partial charge on any atom is -0.372 e. The lowest BCUT2D eigenvalue weighted by Gasteiger charge is -2.38. The van der Waals surface area contributed by atoms with E-state index in [2.05, 4.69) is 28.8 Å². The van der Waals surface area contributed by atoms with Crippen LogP contribution >= 0.6 is 0 Å². The zero-order chi connectivity index (χ0) is 23.7. The average Bonchev–Trinajstić information content (AvgIpc) is 2.68. The maximum absolute atomic E-state index is 12.8. The summed E-state index contributed by atoms with van der Waals surface area (Å²) in [6.07, 6.45) is 0.975. The van der Waals surface area contributed by atoms with Crippen molar-refractivity contribution >= 4 is 27.4 Å². The van der Waals surface area contributed by atoms with E-state index in [0.29, 0.717) is 19.5 Å². The molecule has 9 heteroatoms. The smallest absolute Gasteiger partial charge is 0.321 e. The van der Waals surface area contributed by atoms with Gasteiger partial charge in [0.2, 0.25) is 10.0 Å². The van der Waals surface area contributed by atoms with Crippen LogP contribution in [0.4, 0.5) is 16.2 Å². The number of nitrogens with zero attached hydrogens (tertiary/aromatic N) is 2.